The number of aromatic nitrogens is 1. The summed E-state index contributed by atoms with van der Waals surface area (Å²) in [4.78, 5) is 2.65. The SMILES string of the molecule is Fc1cc(-c2ccccc2C(F)(F)F)cc(C(F)(F)F)n1. The van der Waals surface area contributed by atoms with E-state index in [1.54, 1.807) is 0 Å². The highest BCUT2D eigenvalue weighted by Gasteiger charge is 2.36. The second-order valence-corrected chi connectivity index (χ2v) is 4.10. The largest absolute Gasteiger partial charge is 0.433 e. The maximum Gasteiger partial charge on any atom is 0.433 e. The fraction of sp³-hybridized carbons (Fsp3) is 0.154. The van der Waals surface area contributed by atoms with Gasteiger partial charge in [-0.1, -0.05) is 18.2 Å². The van der Waals surface area contributed by atoms with Crippen LogP contribution in [0.4, 0.5) is 30.7 Å². The molecule has 0 spiro atoms. The second kappa shape index (κ2) is 5.01. The van der Waals surface area contributed by atoms with E-state index in [9.17, 15) is 30.7 Å². The van der Waals surface area contributed by atoms with Crippen LogP contribution in [0.5, 0.6) is 0 Å². The molecule has 0 aliphatic heterocycles. The molecular weight excluding hydrogens is 303 g/mol. The lowest BCUT2D eigenvalue weighted by atomic mass is 9.99. The number of pyridine rings is 1. The van der Waals surface area contributed by atoms with Crippen LogP contribution in [0.1, 0.15) is 11.3 Å². The Balaban J connectivity index is 2.66. The van der Waals surface area contributed by atoms with Crippen LogP contribution in [0.15, 0.2) is 36.4 Å². The minimum absolute atomic E-state index is 0.383. The molecule has 0 aliphatic rings. The van der Waals surface area contributed by atoms with Gasteiger partial charge >= 0.3 is 12.4 Å². The van der Waals surface area contributed by atoms with E-state index < -0.39 is 40.7 Å². The summed E-state index contributed by atoms with van der Waals surface area (Å²) < 4.78 is 89.3. The maximum absolute atomic E-state index is 13.2. The Hall–Kier alpha value is -2.12. The molecule has 0 N–H and O–H groups in total. The van der Waals surface area contributed by atoms with Gasteiger partial charge in [-0.05, 0) is 23.3 Å². The highest BCUT2D eigenvalue weighted by molar-refractivity contribution is 5.68. The Labute approximate surface area is 114 Å². The van der Waals surface area contributed by atoms with Crippen molar-refractivity contribution >= 4 is 0 Å². The molecule has 0 bridgehead atoms. The van der Waals surface area contributed by atoms with Crippen molar-refractivity contribution in [2.75, 3.05) is 0 Å². The molecule has 1 nitrogen and oxygen atoms in total. The molecule has 1 aromatic heterocycles. The predicted molar refractivity (Wildman–Crippen MR) is 59.6 cm³/mol. The lowest BCUT2D eigenvalue weighted by Crippen LogP contribution is -2.11. The maximum atomic E-state index is 13.2. The molecule has 0 atom stereocenters. The van der Waals surface area contributed by atoms with Crippen LogP contribution in [-0.2, 0) is 12.4 Å². The van der Waals surface area contributed by atoms with Crippen LogP contribution >= 0.6 is 0 Å². The zero-order chi connectivity index (χ0) is 15.8. The van der Waals surface area contributed by atoms with Crippen LogP contribution in [0.3, 0.4) is 0 Å². The number of hydrogen-bond acceptors (Lipinski definition) is 1. The number of rotatable bonds is 1. The van der Waals surface area contributed by atoms with E-state index in [0.29, 0.717) is 18.2 Å². The number of hydrogen-bond donors (Lipinski definition) is 0. The highest BCUT2D eigenvalue weighted by atomic mass is 19.4. The van der Waals surface area contributed by atoms with E-state index in [0.717, 1.165) is 12.1 Å². The predicted octanol–water partition coefficient (Wildman–Crippen LogP) is 4.93. The molecule has 8 heteroatoms. The van der Waals surface area contributed by atoms with Crippen LogP contribution in [-0.4, -0.2) is 4.98 Å². The van der Waals surface area contributed by atoms with Crippen LogP contribution in [0.25, 0.3) is 11.1 Å². The number of benzene rings is 1. The van der Waals surface area contributed by atoms with Crippen molar-refractivity contribution in [3.8, 4) is 11.1 Å². The Morgan fingerprint density at radius 1 is 0.810 bits per heavy atom. The van der Waals surface area contributed by atoms with Crippen molar-refractivity contribution in [2.24, 2.45) is 0 Å². The molecule has 21 heavy (non-hydrogen) atoms. The standard InChI is InChI=1S/C13H6F7N/c14-11-6-7(5-10(21-11)13(18,19)20)8-3-1-2-4-9(8)12(15,16)17/h1-6H. The minimum atomic E-state index is -4.95. The van der Waals surface area contributed by atoms with Gasteiger partial charge < -0.3 is 0 Å². The fourth-order valence-corrected chi connectivity index (χ4v) is 1.78. The van der Waals surface area contributed by atoms with Crippen LogP contribution in [0, 0.1) is 5.95 Å². The van der Waals surface area contributed by atoms with Gasteiger partial charge in [0.25, 0.3) is 0 Å². The summed E-state index contributed by atoms with van der Waals surface area (Å²) in [6, 6.07) is 4.90. The van der Waals surface area contributed by atoms with Gasteiger partial charge in [0.05, 0.1) is 5.56 Å². The van der Waals surface area contributed by atoms with Gasteiger partial charge in [-0.25, -0.2) is 4.98 Å². The third-order valence-corrected chi connectivity index (χ3v) is 2.63. The number of halogens is 7. The highest BCUT2D eigenvalue weighted by Crippen LogP contribution is 2.38. The first kappa shape index (κ1) is 15.3. The van der Waals surface area contributed by atoms with Crippen molar-refractivity contribution in [2.45, 2.75) is 12.4 Å². The molecule has 0 unspecified atom stereocenters. The first-order chi connectivity index (χ1) is 9.59. The summed E-state index contributed by atoms with van der Waals surface area (Å²) >= 11 is 0. The smallest absolute Gasteiger partial charge is 0.215 e. The van der Waals surface area contributed by atoms with Crippen LogP contribution in [0.2, 0.25) is 0 Å². The van der Waals surface area contributed by atoms with Gasteiger partial charge in [0.2, 0.25) is 5.95 Å². The molecule has 2 rings (SSSR count). The first-order valence-corrected chi connectivity index (χ1v) is 5.50. The van der Waals surface area contributed by atoms with E-state index in [1.165, 1.54) is 6.07 Å². The molecular formula is C13H6F7N. The lowest BCUT2D eigenvalue weighted by molar-refractivity contribution is -0.141. The van der Waals surface area contributed by atoms with Gasteiger partial charge in [0.1, 0.15) is 5.69 Å². The van der Waals surface area contributed by atoms with Gasteiger partial charge in [-0.15, -0.1) is 0 Å². The Bertz CT molecular complexity index is 658. The average molecular weight is 309 g/mol. The Kier molecular flexibility index (Phi) is 3.65. The third kappa shape index (κ3) is 3.32. The second-order valence-electron chi connectivity index (χ2n) is 4.10. The first-order valence-electron chi connectivity index (χ1n) is 5.50. The summed E-state index contributed by atoms with van der Waals surface area (Å²) in [5.41, 5.74) is -3.82. The zero-order valence-electron chi connectivity index (χ0n) is 10.1. The molecule has 0 amide bonds. The van der Waals surface area contributed by atoms with Gasteiger partial charge in [-0.2, -0.15) is 30.7 Å². The molecule has 112 valence electrons. The summed E-state index contributed by atoms with van der Waals surface area (Å²) in [6.07, 6.45) is -9.72. The summed E-state index contributed by atoms with van der Waals surface area (Å²) in [5.74, 6) is -1.50. The van der Waals surface area contributed by atoms with E-state index in [2.05, 4.69) is 4.98 Å². The Morgan fingerprint density at radius 3 is 2.00 bits per heavy atom. The van der Waals surface area contributed by atoms with Crippen molar-refractivity contribution in [1.29, 1.82) is 0 Å². The summed E-state index contributed by atoms with van der Waals surface area (Å²) in [5, 5.41) is 0. The van der Waals surface area contributed by atoms with E-state index in [1.807, 2.05) is 0 Å². The van der Waals surface area contributed by atoms with Crippen molar-refractivity contribution in [3.63, 3.8) is 0 Å². The summed E-state index contributed by atoms with van der Waals surface area (Å²) in [7, 11) is 0. The van der Waals surface area contributed by atoms with Crippen LogP contribution < -0.4 is 0 Å². The molecule has 0 radical (unpaired) electrons. The van der Waals surface area contributed by atoms with Gasteiger partial charge in [0, 0.05) is 6.07 Å². The van der Waals surface area contributed by atoms with Crippen molar-refractivity contribution in [1.82, 2.24) is 4.98 Å². The molecule has 0 fully saturated rings. The van der Waals surface area contributed by atoms with Gasteiger partial charge in [0.15, 0.2) is 0 Å². The van der Waals surface area contributed by atoms with E-state index >= 15 is 0 Å². The molecule has 0 saturated carbocycles. The Morgan fingerprint density at radius 2 is 1.43 bits per heavy atom. The molecule has 1 heterocycles. The molecule has 2 aromatic rings. The summed E-state index contributed by atoms with van der Waals surface area (Å²) in [6.45, 7) is 0. The normalized spacial score (nSPS) is 12.5. The monoisotopic (exact) mass is 309 g/mol. The van der Waals surface area contributed by atoms with E-state index in [-0.39, 0.29) is 0 Å². The number of alkyl halides is 6. The minimum Gasteiger partial charge on any atom is -0.215 e. The quantitative estimate of drug-likeness (QED) is 0.538. The zero-order valence-corrected chi connectivity index (χ0v) is 10.1. The van der Waals surface area contributed by atoms with Gasteiger partial charge in [-0.3, -0.25) is 0 Å². The number of nitrogens with zero attached hydrogens (tertiary/aromatic N) is 1. The molecule has 1 aromatic carbocycles. The van der Waals surface area contributed by atoms with Crippen molar-refractivity contribution < 1.29 is 30.7 Å². The fourth-order valence-electron chi connectivity index (χ4n) is 1.78. The third-order valence-electron chi connectivity index (χ3n) is 2.63. The lowest BCUT2D eigenvalue weighted by Gasteiger charge is -2.14. The van der Waals surface area contributed by atoms with E-state index in [4.69, 9.17) is 0 Å². The topological polar surface area (TPSA) is 12.9 Å². The van der Waals surface area contributed by atoms with Crippen molar-refractivity contribution in [3.05, 3.63) is 53.6 Å². The average Bonchev–Trinajstić information content (AvgIpc) is 2.36. The molecule has 0 aliphatic carbocycles. The molecule has 0 saturated heterocycles.